The SMILES string of the molecule is CN1Cc2cc(Nc3nn(C4(CC#N)CCN(C(=O)O)CC4)c4cc[nH]c(=O)c34)ccc2S1(O)O. The average molecular weight is 500 g/mol. The van der Waals surface area contributed by atoms with Gasteiger partial charge < -0.3 is 20.3 Å². The van der Waals surface area contributed by atoms with E-state index in [9.17, 15) is 29.1 Å². The van der Waals surface area contributed by atoms with E-state index >= 15 is 0 Å². The number of H-pyrrole nitrogens is 1. The second-order valence-corrected chi connectivity index (χ2v) is 11.0. The highest BCUT2D eigenvalue weighted by Crippen LogP contribution is 2.58. The van der Waals surface area contributed by atoms with E-state index in [0.29, 0.717) is 46.7 Å². The molecule has 5 N–H and O–H groups in total. The van der Waals surface area contributed by atoms with Gasteiger partial charge in [-0.05, 0) is 42.7 Å². The van der Waals surface area contributed by atoms with Crippen LogP contribution in [0.25, 0.3) is 10.9 Å². The van der Waals surface area contributed by atoms with Crippen molar-refractivity contribution in [1.29, 1.82) is 5.26 Å². The molecule has 3 aromatic rings. The molecule has 1 amide bonds. The molecule has 1 fully saturated rings. The van der Waals surface area contributed by atoms with Crippen LogP contribution in [0.2, 0.25) is 0 Å². The lowest BCUT2D eigenvalue weighted by molar-refractivity contribution is 0.0912. The first kappa shape index (κ1) is 23.2. The summed E-state index contributed by atoms with van der Waals surface area (Å²) >= 11 is 0. The van der Waals surface area contributed by atoms with Gasteiger partial charge in [0.15, 0.2) is 5.82 Å². The minimum Gasteiger partial charge on any atom is -0.465 e. The van der Waals surface area contributed by atoms with Gasteiger partial charge in [0.1, 0.15) is 5.39 Å². The first-order valence-corrected chi connectivity index (χ1v) is 12.5. The molecule has 13 heteroatoms. The van der Waals surface area contributed by atoms with Crippen LogP contribution < -0.4 is 10.9 Å². The number of anilines is 2. The first-order chi connectivity index (χ1) is 16.7. The number of benzene rings is 1. The Kier molecular flexibility index (Phi) is 5.48. The topological polar surface area (TPSA) is 171 Å². The third-order valence-electron chi connectivity index (χ3n) is 6.87. The van der Waals surface area contributed by atoms with Crippen LogP contribution >= 0.6 is 10.8 Å². The minimum absolute atomic E-state index is 0.118. The van der Waals surface area contributed by atoms with Crippen LogP contribution in [0, 0.1) is 11.3 Å². The molecule has 1 aromatic carbocycles. The molecule has 0 radical (unpaired) electrons. The number of carboxylic acid groups (broad SMARTS) is 1. The maximum Gasteiger partial charge on any atom is 0.407 e. The third-order valence-corrected chi connectivity index (χ3v) is 8.86. The second kappa shape index (κ2) is 8.28. The standard InChI is InChI=1S/C22H25N7O5S/c1-27-13-14-12-15(2-3-17(14)35(27,33)34)25-19-18-16(4-9-24-20(18)30)29(26-19)22(5-8-23)6-10-28(11-7-22)21(31)32/h2-4,9,12,33-34H,5-7,10-11,13H2,1H3,(H,24,30)(H,25,26)(H,31,32). The number of pyridine rings is 1. The summed E-state index contributed by atoms with van der Waals surface area (Å²) in [5.74, 6) is 0.303. The van der Waals surface area contributed by atoms with Crippen LogP contribution in [0.1, 0.15) is 24.8 Å². The molecule has 0 atom stereocenters. The Labute approximate surface area is 201 Å². The molecule has 0 bridgehead atoms. The van der Waals surface area contributed by atoms with E-state index < -0.39 is 22.4 Å². The number of nitrogens with one attached hydrogen (secondary N) is 2. The Bertz CT molecular complexity index is 1420. The fourth-order valence-electron chi connectivity index (χ4n) is 4.93. The normalized spacial score (nSPS) is 19.8. The van der Waals surface area contributed by atoms with Gasteiger partial charge in [0, 0.05) is 38.6 Å². The molecule has 5 rings (SSSR count). The number of piperidine rings is 1. The van der Waals surface area contributed by atoms with Gasteiger partial charge in [0.25, 0.3) is 5.56 Å². The van der Waals surface area contributed by atoms with Crippen molar-refractivity contribution in [3.8, 4) is 6.07 Å². The highest BCUT2D eigenvalue weighted by Gasteiger charge is 2.40. The van der Waals surface area contributed by atoms with E-state index in [1.165, 1.54) is 15.4 Å². The van der Waals surface area contributed by atoms with Gasteiger partial charge in [0.2, 0.25) is 0 Å². The number of amides is 1. The molecule has 1 saturated heterocycles. The molecule has 2 aliphatic heterocycles. The number of nitrogens with zero attached hydrogens (tertiary/aromatic N) is 5. The van der Waals surface area contributed by atoms with Crippen molar-refractivity contribution < 1.29 is 19.0 Å². The van der Waals surface area contributed by atoms with Crippen LogP contribution in [-0.2, 0) is 12.1 Å². The quantitative estimate of drug-likeness (QED) is 0.361. The first-order valence-electron chi connectivity index (χ1n) is 11.0. The van der Waals surface area contributed by atoms with E-state index in [1.807, 2.05) is 0 Å². The number of likely N-dealkylation sites (tertiary alicyclic amines) is 1. The molecule has 0 aliphatic carbocycles. The van der Waals surface area contributed by atoms with Crippen molar-refractivity contribution in [2.45, 2.75) is 36.2 Å². The number of fused-ring (bicyclic) bond motifs is 2. The van der Waals surface area contributed by atoms with E-state index in [4.69, 9.17) is 5.10 Å². The molecule has 2 aliphatic rings. The largest absolute Gasteiger partial charge is 0.465 e. The second-order valence-electron chi connectivity index (χ2n) is 8.91. The molecule has 0 spiro atoms. The van der Waals surface area contributed by atoms with Crippen LogP contribution in [-0.4, -0.2) is 64.4 Å². The Morgan fingerprint density at radius 2 is 2.06 bits per heavy atom. The van der Waals surface area contributed by atoms with Gasteiger partial charge >= 0.3 is 6.09 Å². The van der Waals surface area contributed by atoms with Crippen molar-refractivity contribution in [2.75, 3.05) is 25.5 Å². The molecule has 2 aromatic heterocycles. The van der Waals surface area contributed by atoms with Crippen molar-refractivity contribution in [3.63, 3.8) is 0 Å². The van der Waals surface area contributed by atoms with Crippen molar-refractivity contribution in [1.82, 2.24) is 24.0 Å². The summed E-state index contributed by atoms with van der Waals surface area (Å²) in [4.78, 5) is 28.7. The Balaban J connectivity index is 1.57. The number of aromatic amines is 1. The fraction of sp³-hybridized carbons (Fsp3) is 0.364. The highest BCUT2D eigenvalue weighted by molar-refractivity contribution is 8.22. The van der Waals surface area contributed by atoms with Crippen molar-refractivity contribution in [2.24, 2.45) is 0 Å². The lowest BCUT2D eigenvalue weighted by Gasteiger charge is -2.40. The number of nitriles is 1. The summed E-state index contributed by atoms with van der Waals surface area (Å²) in [6, 6.07) is 9.09. The summed E-state index contributed by atoms with van der Waals surface area (Å²) < 4.78 is 23.9. The summed E-state index contributed by atoms with van der Waals surface area (Å²) in [6.07, 6.45) is 1.41. The number of carbonyl (C=O) groups is 1. The average Bonchev–Trinajstić information content (AvgIpc) is 3.29. The zero-order valence-corrected chi connectivity index (χ0v) is 19.7. The van der Waals surface area contributed by atoms with E-state index in [2.05, 4.69) is 16.4 Å². The highest BCUT2D eigenvalue weighted by atomic mass is 32.3. The van der Waals surface area contributed by atoms with Crippen molar-refractivity contribution in [3.05, 3.63) is 46.4 Å². The predicted octanol–water partition coefficient (Wildman–Crippen LogP) is 3.32. The molecule has 0 unspecified atom stereocenters. The molecular formula is C22H25N7O5S. The van der Waals surface area contributed by atoms with Crippen LogP contribution in [0.5, 0.6) is 0 Å². The Hall–Kier alpha value is -3.57. The number of aromatic nitrogens is 3. The van der Waals surface area contributed by atoms with E-state index in [0.717, 1.165) is 5.56 Å². The zero-order chi connectivity index (χ0) is 25.0. The van der Waals surface area contributed by atoms with Gasteiger partial charge in [0.05, 0.1) is 28.4 Å². The van der Waals surface area contributed by atoms with Crippen LogP contribution in [0.3, 0.4) is 0 Å². The smallest absolute Gasteiger partial charge is 0.407 e. The van der Waals surface area contributed by atoms with Gasteiger partial charge in [-0.15, -0.1) is 10.8 Å². The van der Waals surface area contributed by atoms with Crippen molar-refractivity contribution >= 4 is 39.3 Å². The van der Waals surface area contributed by atoms with E-state index in [-0.39, 0.29) is 25.1 Å². The predicted molar refractivity (Wildman–Crippen MR) is 130 cm³/mol. The summed E-state index contributed by atoms with van der Waals surface area (Å²) in [5.41, 5.74) is 0.826. The molecule has 184 valence electrons. The van der Waals surface area contributed by atoms with E-state index in [1.54, 1.807) is 36.0 Å². The van der Waals surface area contributed by atoms with Gasteiger partial charge in [-0.2, -0.15) is 10.4 Å². The lowest BCUT2D eigenvalue weighted by Crippen LogP contribution is -2.48. The van der Waals surface area contributed by atoms with Gasteiger partial charge in [-0.3, -0.25) is 18.6 Å². The maximum atomic E-state index is 12.8. The molecule has 4 heterocycles. The molecular weight excluding hydrogens is 474 g/mol. The Morgan fingerprint density at radius 1 is 1.31 bits per heavy atom. The van der Waals surface area contributed by atoms with Gasteiger partial charge in [-0.1, -0.05) is 0 Å². The number of rotatable bonds is 4. The maximum absolute atomic E-state index is 12.8. The lowest BCUT2D eigenvalue weighted by atomic mass is 9.85. The summed E-state index contributed by atoms with van der Waals surface area (Å²) in [6.45, 7) is 0.887. The van der Waals surface area contributed by atoms with Crippen LogP contribution in [0.4, 0.5) is 16.3 Å². The number of hydrogen-bond donors (Lipinski definition) is 5. The fourth-order valence-corrected chi connectivity index (χ4v) is 6.31. The molecule has 0 saturated carbocycles. The summed E-state index contributed by atoms with van der Waals surface area (Å²) in [7, 11) is -1.36. The monoisotopic (exact) mass is 499 g/mol. The molecule has 12 nitrogen and oxygen atoms in total. The zero-order valence-electron chi connectivity index (χ0n) is 18.9. The Morgan fingerprint density at radius 3 is 2.74 bits per heavy atom. The van der Waals surface area contributed by atoms with Crippen LogP contribution in [0.15, 0.2) is 40.2 Å². The summed E-state index contributed by atoms with van der Waals surface area (Å²) in [5, 5.41) is 27.2. The third kappa shape index (κ3) is 3.71. The minimum atomic E-state index is -3.00. The molecule has 35 heavy (non-hydrogen) atoms. The van der Waals surface area contributed by atoms with Gasteiger partial charge in [-0.25, -0.2) is 9.10 Å². The number of hydrogen-bond acceptors (Lipinski definition) is 8.